The molecule has 3 amide bonds. The van der Waals surface area contributed by atoms with E-state index in [1.165, 1.54) is 33.3 Å². The monoisotopic (exact) mass is 1020 g/mol. The number of fused-ring (bicyclic) bond motifs is 6. The van der Waals surface area contributed by atoms with E-state index in [1.54, 1.807) is 23.9 Å². The number of amides is 3. The minimum absolute atomic E-state index is 0.0495. The van der Waals surface area contributed by atoms with Gasteiger partial charge in [0.05, 0.1) is 12.0 Å². The van der Waals surface area contributed by atoms with E-state index in [2.05, 4.69) is 60.0 Å². The van der Waals surface area contributed by atoms with E-state index in [-0.39, 0.29) is 36.0 Å². The Bertz CT molecular complexity index is 2470. The zero-order chi connectivity index (χ0) is 52.1. The number of carbonyl (C=O) groups excluding carboxylic acids is 3. The summed E-state index contributed by atoms with van der Waals surface area (Å²) in [6.07, 6.45) is 8.19. The molecule has 0 saturated heterocycles. The van der Waals surface area contributed by atoms with Crippen LogP contribution in [0.5, 0.6) is 0 Å². The van der Waals surface area contributed by atoms with Crippen LogP contribution in [0.15, 0.2) is 36.4 Å². The van der Waals surface area contributed by atoms with Crippen LogP contribution in [0.1, 0.15) is 155 Å². The summed E-state index contributed by atoms with van der Waals surface area (Å²) in [6.45, 7) is 23.2. The first kappa shape index (κ1) is 55.8. The molecule has 0 spiro atoms. The Hall–Kier alpha value is -4.46. The van der Waals surface area contributed by atoms with Crippen LogP contribution in [0.2, 0.25) is 10.0 Å². The molecule has 2 saturated carbocycles. The van der Waals surface area contributed by atoms with Crippen molar-refractivity contribution >= 4 is 69.1 Å². The summed E-state index contributed by atoms with van der Waals surface area (Å²) in [6, 6.07) is 12.6. The Morgan fingerprint density at radius 3 is 1.56 bits per heavy atom. The molecule has 4 aromatic rings. The van der Waals surface area contributed by atoms with Gasteiger partial charge in [0.15, 0.2) is 0 Å². The van der Waals surface area contributed by atoms with Crippen LogP contribution in [0, 0.1) is 35.5 Å². The average molecular weight is 1020 g/mol. The number of aromatic nitrogens is 2. The van der Waals surface area contributed by atoms with Crippen LogP contribution in [0.25, 0.3) is 21.8 Å². The van der Waals surface area contributed by atoms with E-state index in [9.17, 15) is 19.2 Å². The average Bonchev–Trinajstić information content (AvgIpc) is 3.85. The Labute approximate surface area is 432 Å². The summed E-state index contributed by atoms with van der Waals surface area (Å²) in [4.78, 5) is 61.3. The molecule has 2 aliphatic carbocycles. The topological polar surface area (TPSA) is 160 Å². The number of aliphatic carboxylic acids is 1. The number of hydrogen-bond acceptors (Lipinski definition) is 7. The van der Waals surface area contributed by atoms with Crippen molar-refractivity contribution < 1.29 is 33.8 Å². The second kappa shape index (κ2) is 23.6. The second-order valence-electron chi connectivity index (χ2n) is 23.3. The largest absolute Gasteiger partial charge is 0.481 e. The van der Waals surface area contributed by atoms with Gasteiger partial charge < -0.3 is 44.6 Å². The maximum Gasteiger partial charge on any atom is 0.410 e. The first-order chi connectivity index (χ1) is 33.3. The highest BCUT2D eigenvalue weighted by molar-refractivity contribution is 6.31. The van der Waals surface area contributed by atoms with Crippen LogP contribution in [-0.4, -0.2) is 105 Å². The van der Waals surface area contributed by atoms with Gasteiger partial charge in [-0.3, -0.25) is 9.59 Å². The Morgan fingerprint density at radius 1 is 0.676 bits per heavy atom. The SMILES string of the molecule is CC(C)C1NCCc2c1[nH]c1cc(Cl)ccc21.CC(C)C1c2[nH]c3cc(Cl)ccc3c2CCN1C(=O)C1CCC(CN(C)C(=O)OC(C)(C)C)CC1.CN(CC1CCC(C(=O)O)CC1)C(=O)OC(C)(C)C. The summed E-state index contributed by atoms with van der Waals surface area (Å²) in [5.41, 5.74) is 6.56. The maximum atomic E-state index is 13.7. The summed E-state index contributed by atoms with van der Waals surface area (Å²) >= 11 is 12.3. The van der Waals surface area contributed by atoms with Crippen LogP contribution in [-0.2, 0) is 31.9 Å². The smallest absolute Gasteiger partial charge is 0.410 e. The van der Waals surface area contributed by atoms with Gasteiger partial charge in [-0.05, 0) is 171 Å². The molecule has 2 unspecified atom stereocenters. The molecule has 4 heterocycles. The van der Waals surface area contributed by atoms with Crippen LogP contribution in [0.4, 0.5) is 9.59 Å². The number of nitrogens with one attached hydrogen (secondary N) is 3. The number of carbonyl (C=O) groups is 4. The molecule has 4 N–H and O–H groups in total. The lowest BCUT2D eigenvalue weighted by molar-refractivity contribution is -0.143. The third-order valence-electron chi connectivity index (χ3n) is 14.5. The number of hydrogen-bond donors (Lipinski definition) is 4. The molecule has 4 aliphatic rings. The first-order valence-corrected chi connectivity index (χ1v) is 26.8. The highest BCUT2D eigenvalue weighted by Gasteiger charge is 2.39. The molecule has 2 aliphatic heterocycles. The van der Waals surface area contributed by atoms with Gasteiger partial charge in [-0.15, -0.1) is 0 Å². The lowest BCUT2D eigenvalue weighted by atomic mass is 9.80. The number of halogens is 2. The fraction of sp³-hybridized carbons (Fsp3) is 0.643. The number of nitrogens with zero attached hydrogens (tertiary/aromatic N) is 3. The van der Waals surface area contributed by atoms with Crippen LogP contribution < -0.4 is 5.32 Å². The molecule has 2 atom stereocenters. The van der Waals surface area contributed by atoms with Gasteiger partial charge >= 0.3 is 18.2 Å². The van der Waals surface area contributed by atoms with Gasteiger partial charge in [-0.1, -0.05) is 63.0 Å². The van der Waals surface area contributed by atoms with Gasteiger partial charge in [-0.25, -0.2) is 9.59 Å². The molecule has 2 aromatic heterocycles. The van der Waals surface area contributed by atoms with E-state index in [4.69, 9.17) is 37.8 Å². The number of ether oxygens (including phenoxy) is 2. The van der Waals surface area contributed by atoms with Gasteiger partial charge in [0.2, 0.25) is 5.91 Å². The van der Waals surface area contributed by atoms with Crippen molar-refractivity contribution in [3.8, 4) is 0 Å². The van der Waals surface area contributed by atoms with Crippen LogP contribution >= 0.6 is 23.2 Å². The first-order valence-electron chi connectivity index (χ1n) is 26.0. The van der Waals surface area contributed by atoms with Crippen molar-refractivity contribution in [2.24, 2.45) is 35.5 Å². The molecule has 71 heavy (non-hydrogen) atoms. The molecule has 8 rings (SSSR count). The normalized spacial score (nSPS) is 22.4. The molecular formula is C56H82Cl2N6O7. The Balaban J connectivity index is 0.000000192. The van der Waals surface area contributed by atoms with Gasteiger partial charge in [0.25, 0.3) is 0 Å². The second-order valence-corrected chi connectivity index (χ2v) is 24.2. The zero-order valence-electron chi connectivity index (χ0n) is 44.5. The highest BCUT2D eigenvalue weighted by atomic mass is 35.5. The minimum atomic E-state index is -0.695. The van der Waals surface area contributed by atoms with Crippen molar-refractivity contribution in [1.29, 1.82) is 0 Å². The van der Waals surface area contributed by atoms with E-state index in [1.807, 2.05) is 65.8 Å². The number of H-pyrrole nitrogens is 2. The van der Waals surface area contributed by atoms with E-state index in [0.717, 1.165) is 85.5 Å². The summed E-state index contributed by atoms with van der Waals surface area (Å²) in [5.74, 6) is 1.13. The van der Waals surface area contributed by atoms with Crippen molar-refractivity contribution in [3.63, 3.8) is 0 Å². The van der Waals surface area contributed by atoms with Gasteiger partial charge in [-0.2, -0.15) is 0 Å². The maximum absolute atomic E-state index is 13.7. The fourth-order valence-electron chi connectivity index (χ4n) is 11.1. The predicted molar refractivity (Wildman–Crippen MR) is 285 cm³/mol. The summed E-state index contributed by atoms with van der Waals surface area (Å²) < 4.78 is 10.8. The number of rotatable bonds is 8. The zero-order valence-corrected chi connectivity index (χ0v) is 46.0. The van der Waals surface area contributed by atoms with E-state index >= 15 is 0 Å². The quantitative estimate of drug-likeness (QED) is 0.136. The van der Waals surface area contributed by atoms with Crippen molar-refractivity contribution in [1.82, 2.24) is 30.0 Å². The number of carboxylic acids is 1. The third kappa shape index (κ3) is 14.6. The number of aromatic amines is 2. The molecule has 2 aromatic carbocycles. The Kier molecular flexibility index (Phi) is 18.6. The molecule has 2 fully saturated rings. The predicted octanol–water partition coefficient (Wildman–Crippen LogP) is 13.0. The molecular weight excluding hydrogens is 940 g/mol. The third-order valence-corrected chi connectivity index (χ3v) is 15.0. The Morgan fingerprint density at radius 2 is 1.13 bits per heavy atom. The number of carboxylic acid groups (broad SMARTS) is 1. The van der Waals surface area contributed by atoms with Gasteiger partial charge in [0, 0.05) is 88.9 Å². The molecule has 392 valence electrons. The van der Waals surface area contributed by atoms with Crippen molar-refractivity contribution in [2.75, 3.05) is 40.3 Å². The van der Waals surface area contributed by atoms with E-state index in [0.29, 0.717) is 55.6 Å². The highest BCUT2D eigenvalue weighted by Crippen LogP contribution is 2.42. The molecule has 0 bridgehead atoms. The lowest BCUT2D eigenvalue weighted by Gasteiger charge is -2.41. The molecule has 15 heteroatoms. The standard InChI is InChI=1S/C28H40ClN3O3.C14H17ClN2.C14H25NO4/c1-17(2)25-24-22(21-12-11-20(29)15-23(21)30-24)13-14-32(25)26(33)19-9-7-18(8-10-19)16-31(6)27(34)35-28(3,4)5;1-8(2)13-14-11(5-6-16-13)10-4-3-9(15)7-12(10)17-14;1-14(2,3)19-13(18)15(4)9-10-5-7-11(8-6-10)12(16)17/h11-12,15,17-19,25,30H,7-10,13-14,16H2,1-6H3;3-4,7-8,13,16-17H,5-6H2,1-2H3;10-11H,5-9H2,1-4H3,(H,16,17). The molecule has 13 nitrogen and oxygen atoms in total. The van der Waals surface area contributed by atoms with Gasteiger partial charge in [0.1, 0.15) is 11.2 Å². The van der Waals surface area contributed by atoms with Crippen molar-refractivity contribution in [3.05, 3.63) is 69.0 Å². The summed E-state index contributed by atoms with van der Waals surface area (Å²) in [7, 11) is 3.54. The van der Waals surface area contributed by atoms with E-state index < -0.39 is 17.2 Å². The fourth-order valence-corrected chi connectivity index (χ4v) is 11.4. The minimum Gasteiger partial charge on any atom is -0.481 e. The summed E-state index contributed by atoms with van der Waals surface area (Å²) in [5, 5.41) is 16.6. The molecule has 0 radical (unpaired) electrons. The van der Waals surface area contributed by atoms with Crippen molar-refractivity contribution in [2.45, 2.75) is 157 Å². The number of benzene rings is 2. The van der Waals surface area contributed by atoms with Crippen LogP contribution in [0.3, 0.4) is 0 Å². The lowest BCUT2D eigenvalue weighted by Crippen LogP contribution is -2.46.